The zero-order valence-corrected chi connectivity index (χ0v) is 22.1. The smallest absolute Gasteiger partial charge is 0.241 e. The molecule has 5 nitrogen and oxygen atoms in total. The predicted octanol–water partition coefficient (Wildman–Crippen LogP) is 6.26. The van der Waals surface area contributed by atoms with Crippen LogP contribution in [-0.2, 0) is 4.79 Å². The van der Waals surface area contributed by atoms with E-state index >= 15 is 0 Å². The minimum atomic E-state index is -0.192. The second-order valence-electron chi connectivity index (χ2n) is 9.43. The van der Waals surface area contributed by atoms with Gasteiger partial charge in [-0.15, -0.1) is 0 Å². The number of benzene rings is 3. The monoisotopic (exact) mass is 520 g/mol. The second-order valence-corrected chi connectivity index (χ2v) is 10.2. The highest BCUT2D eigenvalue weighted by Crippen LogP contribution is 2.34. The summed E-state index contributed by atoms with van der Waals surface area (Å²) in [6.07, 6.45) is 2.34. The SMILES string of the molecule is CN(C)CC(=O)N(c1ccc(Cl)c(Cl)c1)C(CN1CCCC1)c1ccc(-c2ccc(C#N)cc2)cc1. The Bertz CT molecular complexity index is 1230. The van der Waals surface area contributed by atoms with Crippen LogP contribution in [0.3, 0.4) is 0 Å². The molecule has 0 aromatic heterocycles. The summed E-state index contributed by atoms with van der Waals surface area (Å²) >= 11 is 12.6. The molecule has 1 fully saturated rings. The lowest BCUT2D eigenvalue weighted by Gasteiger charge is -2.36. The molecule has 3 aromatic carbocycles. The van der Waals surface area contributed by atoms with Crippen LogP contribution >= 0.6 is 23.2 Å². The lowest BCUT2D eigenvalue weighted by molar-refractivity contribution is -0.119. The normalized spacial score (nSPS) is 14.6. The zero-order valence-electron chi connectivity index (χ0n) is 20.6. The largest absolute Gasteiger partial charge is 0.302 e. The van der Waals surface area contributed by atoms with Crippen molar-refractivity contribution in [2.24, 2.45) is 0 Å². The molecule has 1 amide bonds. The van der Waals surface area contributed by atoms with Gasteiger partial charge in [0.1, 0.15) is 0 Å². The highest BCUT2D eigenvalue weighted by molar-refractivity contribution is 6.42. The van der Waals surface area contributed by atoms with Crippen molar-refractivity contribution in [2.75, 3.05) is 45.2 Å². The van der Waals surface area contributed by atoms with E-state index in [0.29, 0.717) is 15.6 Å². The average Bonchev–Trinajstić information content (AvgIpc) is 3.39. The Kier molecular flexibility index (Phi) is 8.66. The highest BCUT2D eigenvalue weighted by atomic mass is 35.5. The summed E-state index contributed by atoms with van der Waals surface area (Å²) in [5.41, 5.74) is 4.53. The fourth-order valence-corrected chi connectivity index (χ4v) is 4.95. The molecule has 1 aliphatic rings. The van der Waals surface area contributed by atoms with Crippen LogP contribution < -0.4 is 4.90 Å². The lowest BCUT2D eigenvalue weighted by Crippen LogP contribution is -2.44. The fourth-order valence-electron chi connectivity index (χ4n) is 4.66. The second kappa shape index (κ2) is 11.9. The van der Waals surface area contributed by atoms with Gasteiger partial charge in [0.05, 0.1) is 34.3 Å². The van der Waals surface area contributed by atoms with E-state index in [4.69, 9.17) is 28.5 Å². The van der Waals surface area contributed by atoms with Crippen molar-refractivity contribution in [1.82, 2.24) is 9.80 Å². The summed E-state index contributed by atoms with van der Waals surface area (Å²) in [7, 11) is 3.79. The molecule has 186 valence electrons. The molecule has 1 heterocycles. The number of nitriles is 1. The third kappa shape index (κ3) is 6.27. The number of carbonyl (C=O) groups is 1. The number of carbonyl (C=O) groups excluding carboxylic acids is 1. The Labute approximate surface area is 223 Å². The first-order chi connectivity index (χ1) is 17.4. The highest BCUT2D eigenvalue weighted by Gasteiger charge is 2.30. The number of hydrogen-bond donors (Lipinski definition) is 0. The van der Waals surface area contributed by atoms with Crippen LogP contribution in [0, 0.1) is 11.3 Å². The standard InChI is InChI=1S/C29H30Cl2N4O/c1-33(2)20-29(36)35(25-13-14-26(30)27(31)17-25)28(19-34-15-3-4-16-34)24-11-9-23(10-12-24)22-7-5-21(18-32)6-8-22/h5-14,17,28H,3-4,15-16,19-20H2,1-2H3. The van der Waals surface area contributed by atoms with Crippen LogP contribution in [0.5, 0.6) is 0 Å². The molecule has 1 atom stereocenters. The maximum absolute atomic E-state index is 13.7. The molecular formula is C29H30Cl2N4O. The Balaban J connectivity index is 1.74. The molecule has 0 radical (unpaired) electrons. The Hall–Kier alpha value is -2.88. The summed E-state index contributed by atoms with van der Waals surface area (Å²) < 4.78 is 0. The van der Waals surface area contributed by atoms with Crippen LogP contribution in [0.4, 0.5) is 5.69 Å². The van der Waals surface area contributed by atoms with E-state index in [1.807, 2.05) is 54.2 Å². The van der Waals surface area contributed by atoms with Gasteiger partial charge in [0.2, 0.25) is 5.91 Å². The van der Waals surface area contributed by atoms with E-state index in [0.717, 1.165) is 42.0 Å². The van der Waals surface area contributed by atoms with Gasteiger partial charge in [-0.3, -0.25) is 4.79 Å². The van der Waals surface area contributed by atoms with E-state index in [1.165, 1.54) is 12.8 Å². The third-order valence-corrected chi connectivity index (χ3v) is 7.22. The topological polar surface area (TPSA) is 50.6 Å². The third-order valence-electron chi connectivity index (χ3n) is 6.49. The Morgan fingerprint density at radius 3 is 2.11 bits per heavy atom. The summed E-state index contributed by atoms with van der Waals surface area (Å²) in [5, 5.41) is 9.97. The maximum atomic E-state index is 13.7. The molecule has 0 N–H and O–H groups in total. The molecule has 7 heteroatoms. The lowest BCUT2D eigenvalue weighted by atomic mass is 9.98. The Morgan fingerprint density at radius 1 is 0.944 bits per heavy atom. The van der Waals surface area contributed by atoms with Crippen molar-refractivity contribution in [1.29, 1.82) is 5.26 Å². The Morgan fingerprint density at radius 2 is 1.56 bits per heavy atom. The van der Waals surface area contributed by atoms with Crippen LogP contribution in [-0.4, -0.2) is 56.0 Å². The number of rotatable bonds is 8. The van der Waals surface area contributed by atoms with Gasteiger partial charge in [-0.25, -0.2) is 0 Å². The molecule has 1 saturated heterocycles. The van der Waals surface area contributed by atoms with E-state index in [2.05, 4.69) is 35.2 Å². The van der Waals surface area contributed by atoms with Gasteiger partial charge < -0.3 is 14.7 Å². The molecular weight excluding hydrogens is 491 g/mol. The molecule has 0 bridgehead atoms. The van der Waals surface area contributed by atoms with E-state index in [-0.39, 0.29) is 18.5 Å². The van der Waals surface area contributed by atoms with Gasteiger partial charge in [-0.1, -0.05) is 59.6 Å². The summed E-state index contributed by atoms with van der Waals surface area (Å²) in [4.78, 5) is 19.8. The number of likely N-dealkylation sites (tertiary alicyclic amines) is 1. The fraction of sp³-hybridized carbons (Fsp3) is 0.310. The van der Waals surface area contributed by atoms with Gasteiger partial charge in [0.15, 0.2) is 0 Å². The van der Waals surface area contributed by atoms with E-state index in [9.17, 15) is 4.79 Å². The first-order valence-corrected chi connectivity index (χ1v) is 12.9. The number of hydrogen-bond acceptors (Lipinski definition) is 4. The van der Waals surface area contributed by atoms with Crippen LogP contribution in [0.25, 0.3) is 11.1 Å². The quantitative estimate of drug-likeness (QED) is 0.351. The van der Waals surface area contributed by atoms with Crippen molar-refractivity contribution in [2.45, 2.75) is 18.9 Å². The van der Waals surface area contributed by atoms with Crippen LogP contribution in [0.15, 0.2) is 66.7 Å². The molecule has 0 spiro atoms. The van der Waals surface area contributed by atoms with Crippen LogP contribution in [0.1, 0.15) is 30.0 Å². The number of anilines is 1. The first kappa shape index (κ1) is 26.2. The van der Waals surface area contributed by atoms with Crippen molar-refractivity contribution in [3.05, 3.63) is 87.9 Å². The molecule has 36 heavy (non-hydrogen) atoms. The number of halogens is 2. The first-order valence-electron chi connectivity index (χ1n) is 12.1. The van der Waals surface area contributed by atoms with Gasteiger partial charge in [-0.05, 0) is 87.0 Å². The molecule has 4 rings (SSSR count). The van der Waals surface area contributed by atoms with E-state index < -0.39 is 0 Å². The molecule has 0 saturated carbocycles. The van der Waals surface area contributed by atoms with Gasteiger partial charge in [0.25, 0.3) is 0 Å². The van der Waals surface area contributed by atoms with Gasteiger partial charge in [0, 0.05) is 12.2 Å². The van der Waals surface area contributed by atoms with Crippen molar-refractivity contribution >= 4 is 34.8 Å². The summed E-state index contributed by atoms with van der Waals surface area (Å²) in [6.45, 7) is 3.06. The molecule has 1 aliphatic heterocycles. The zero-order chi connectivity index (χ0) is 25.7. The molecule has 3 aromatic rings. The molecule has 1 unspecified atom stereocenters. The minimum Gasteiger partial charge on any atom is -0.302 e. The van der Waals surface area contributed by atoms with Gasteiger partial charge >= 0.3 is 0 Å². The van der Waals surface area contributed by atoms with Crippen molar-refractivity contribution in [3.8, 4) is 17.2 Å². The summed E-state index contributed by atoms with van der Waals surface area (Å²) in [6, 6.07) is 23.3. The maximum Gasteiger partial charge on any atom is 0.241 e. The average molecular weight is 521 g/mol. The summed E-state index contributed by atoms with van der Waals surface area (Å²) in [5.74, 6) is -0.00115. The van der Waals surface area contributed by atoms with E-state index in [1.54, 1.807) is 12.1 Å². The number of likely N-dealkylation sites (N-methyl/N-ethyl adjacent to an activating group) is 1. The minimum absolute atomic E-state index is 0.00115. The van der Waals surface area contributed by atoms with Crippen molar-refractivity contribution < 1.29 is 4.79 Å². The number of nitrogens with zero attached hydrogens (tertiary/aromatic N) is 4. The van der Waals surface area contributed by atoms with Crippen molar-refractivity contribution in [3.63, 3.8) is 0 Å². The molecule has 0 aliphatic carbocycles. The number of amides is 1. The van der Waals surface area contributed by atoms with Gasteiger partial charge in [-0.2, -0.15) is 5.26 Å². The van der Waals surface area contributed by atoms with Crippen LogP contribution in [0.2, 0.25) is 10.0 Å². The predicted molar refractivity (Wildman–Crippen MR) is 148 cm³/mol.